The minimum atomic E-state index is -0.559. The molecule has 0 aliphatic carbocycles. The monoisotopic (exact) mass is 388 g/mol. The van der Waals surface area contributed by atoms with Crippen molar-refractivity contribution in [3.05, 3.63) is 82.8 Å². The average Bonchev–Trinajstić information content (AvgIpc) is 3.25. The van der Waals surface area contributed by atoms with Crippen LogP contribution in [0.3, 0.4) is 0 Å². The van der Waals surface area contributed by atoms with Crippen LogP contribution >= 0.6 is 0 Å². The fraction of sp³-hybridized carbons (Fsp3) is 0.250. The maximum atomic E-state index is 12.8. The van der Waals surface area contributed by atoms with Crippen molar-refractivity contribution in [2.24, 2.45) is 0 Å². The predicted molar refractivity (Wildman–Crippen MR) is 113 cm³/mol. The molecule has 0 saturated carbocycles. The molecule has 4 rings (SSSR count). The highest BCUT2D eigenvalue weighted by molar-refractivity contribution is 6.08. The molecule has 2 N–H and O–H groups in total. The summed E-state index contributed by atoms with van der Waals surface area (Å²) < 4.78 is 0. The number of aromatic nitrogens is 1. The number of amides is 1. The first kappa shape index (κ1) is 19.0. The summed E-state index contributed by atoms with van der Waals surface area (Å²) in [5.41, 5.74) is 4.35. The Morgan fingerprint density at radius 2 is 1.86 bits per heavy atom. The van der Waals surface area contributed by atoms with E-state index in [1.54, 1.807) is 4.90 Å². The van der Waals surface area contributed by atoms with Crippen LogP contribution in [0.5, 0.6) is 0 Å². The molecule has 0 fully saturated rings. The highest BCUT2D eigenvalue weighted by atomic mass is 16.3. The van der Waals surface area contributed by atoms with E-state index in [1.165, 1.54) is 12.5 Å². The third kappa shape index (κ3) is 3.33. The SMILES string of the molecule is CCc1ccc(C2C(C(C)=O)=C(O)C(=O)N2CCc2c[nH]c3ccccc23)cc1. The number of benzene rings is 2. The first-order valence-electron chi connectivity index (χ1n) is 9.90. The summed E-state index contributed by atoms with van der Waals surface area (Å²) in [4.78, 5) is 29.9. The van der Waals surface area contributed by atoms with E-state index >= 15 is 0 Å². The van der Waals surface area contributed by atoms with E-state index in [9.17, 15) is 14.7 Å². The molecule has 148 valence electrons. The number of aliphatic hydroxyl groups excluding tert-OH is 1. The van der Waals surface area contributed by atoms with E-state index in [0.29, 0.717) is 13.0 Å². The van der Waals surface area contributed by atoms with Crippen LogP contribution in [0.25, 0.3) is 10.9 Å². The lowest BCUT2D eigenvalue weighted by molar-refractivity contribution is -0.129. The van der Waals surface area contributed by atoms with Gasteiger partial charge in [0, 0.05) is 23.6 Å². The lowest BCUT2D eigenvalue weighted by atomic mass is 9.95. The Balaban J connectivity index is 1.66. The second kappa shape index (κ2) is 7.59. The van der Waals surface area contributed by atoms with Crippen LogP contribution in [0.4, 0.5) is 0 Å². The summed E-state index contributed by atoms with van der Waals surface area (Å²) in [7, 11) is 0. The zero-order valence-electron chi connectivity index (χ0n) is 16.6. The van der Waals surface area contributed by atoms with E-state index < -0.39 is 17.7 Å². The summed E-state index contributed by atoms with van der Waals surface area (Å²) in [6, 6.07) is 15.4. The zero-order valence-corrected chi connectivity index (χ0v) is 16.6. The molecule has 0 spiro atoms. The van der Waals surface area contributed by atoms with Crippen molar-refractivity contribution in [3.8, 4) is 0 Å². The molecule has 2 aromatic carbocycles. The predicted octanol–water partition coefficient (Wildman–Crippen LogP) is 4.26. The van der Waals surface area contributed by atoms with Gasteiger partial charge in [-0.3, -0.25) is 9.59 Å². The first-order valence-corrected chi connectivity index (χ1v) is 9.90. The number of hydrogen-bond acceptors (Lipinski definition) is 3. The largest absolute Gasteiger partial charge is 0.503 e. The third-order valence-corrected chi connectivity index (χ3v) is 5.68. The highest BCUT2D eigenvalue weighted by Gasteiger charge is 2.42. The van der Waals surface area contributed by atoms with Gasteiger partial charge in [0.15, 0.2) is 11.5 Å². The van der Waals surface area contributed by atoms with E-state index in [1.807, 2.05) is 54.7 Å². The number of fused-ring (bicyclic) bond motifs is 1. The standard InChI is InChI=1S/C24H24N2O3/c1-3-16-8-10-17(11-9-16)22-21(15(2)27)23(28)24(29)26(22)13-12-18-14-25-20-7-5-4-6-19(18)20/h4-11,14,22,25,28H,3,12-13H2,1-2H3. The van der Waals surface area contributed by atoms with Gasteiger partial charge in [-0.05, 0) is 42.5 Å². The van der Waals surface area contributed by atoms with E-state index in [4.69, 9.17) is 0 Å². The van der Waals surface area contributed by atoms with Crippen LogP contribution < -0.4 is 0 Å². The van der Waals surface area contributed by atoms with Crippen LogP contribution in [0.15, 0.2) is 66.1 Å². The van der Waals surface area contributed by atoms with Gasteiger partial charge in [-0.25, -0.2) is 0 Å². The Morgan fingerprint density at radius 3 is 2.55 bits per heavy atom. The Bertz CT molecular complexity index is 1110. The molecule has 0 saturated heterocycles. The number of aromatic amines is 1. The minimum Gasteiger partial charge on any atom is -0.503 e. The fourth-order valence-electron chi connectivity index (χ4n) is 4.11. The van der Waals surface area contributed by atoms with Gasteiger partial charge in [-0.1, -0.05) is 49.4 Å². The van der Waals surface area contributed by atoms with Gasteiger partial charge in [0.2, 0.25) is 0 Å². The topological polar surface area (TPSA) is 73.4 Å². The van der Waals surface area contributed by atoms with Crippen molar-refractivity contribution in [1.29, 1.82) is 0 Å². The molecule has 1 atom stereocenters. The quantitative estimate of drug-likeness (QED) is 0.663. The van der Waals surface area contributed by atoms with Crippen molar-refractivity contribution >= 4 is 22.6 Å². The number of nitrogens with zero attached hydrogens (tertiary/aromatic N) is 1. The first-order chi connectivity index (χ1) is 14.0. The van der Waals surface area contributed by atoms with Crippen LogP contribution in [-0.4, -0.2) is 33.2 Å². The molecule has 29 heavy (non-hydrogen) atoms. The van der Waals surface area contributed by atoms with Gasteiger partial charge in [-0.15, -0.1) is 0 Å². The van der Waals surface area contributed by atoms with E-state index in [0.717, 1.165) is 28.5 Å². The zero-order chi connectivity index (χ0) is 20.5. The number of carbonyl (C=O) groups is 2. The van der Waals surface area contributed by atoms with Crippen molar-refractivity contribution < 1.29 is 14.7 Å². The normalized spacial score (nSPS) is 16.8. The summed E-state index contributed by atoms with van der Waals surface area (Å²) in [5, 5.41) is 11.5. The molecular weight excluding hydrogens is 364 g/mol. The fourth-order valence-corrected chi connectivity index (χ4v) is 4.11. The van der Waals surface area contributed by atoms with Crippen molar-refractivity contribution in [1.82, 2.24) is 9.88 Å². The number of aliphatic hydroxyl groups is 1. The second-order valence-electron chi connectivity index (χ2n) is 7.42. The summed E-state index contributed by atoms with van der Waals surface area (Å²) in [5.74, 6) is -1.20. The number of nitrogens with one attached hydrogen (secondary N) is 1. The van der Waals surface area contributed by atoms with Crippen molar-refractivity contribution in [3.63, 3.8) is 0 Å². The maximum Gasteiger partial charge on any atom is 0.290 e. The smallest absolute Gasteiger partial charge is 0.290 e. The third-order valence-electron chi connectivity index (χ3n) is 5.68. The summed E-state index contributed by atoms with van der Waals surface area (Å²) in [6.45, 7) is 3.88. The van der Waals surface area contributed by atoms with Crippen LogP contribution in [0.1, 0.15) is 36.6 Å². The lowest BCUT2D eigenvalue weighted by Gasteiger charge is -2.26. The Kier molecular flexibility index (Phi) is 4.97. The molecule has 2 heterocycles. The van der Waals surface area contributed by atoms with Gasteiger partial charge in [-0.2, -0.15) is 0 Å². The number of Topliss-reactive ketones (excluding diaryl/α,β-unsaturated/α-hetero) is 1. The molecule has 1 unspecified atom stereocenters. The molecule has 0 bridgehead atoms. The Morgan fingerprint density at radius 1 is 1.14 bits per heavy atom. The van der Waals surface area contributed by atoms with E-state index in [-0.39, 0.29) is 11.4 Å². The molecule has 1 aliphatic heterocycles. The Labute approximate surface area is 169 Å². The van der Waals surface area contributed by atoms with E-state index in [2.05, 4.69) is 11.9 Å². The second-order valence-corrected chi connectivity index (χ2v) is 7.42. The molecule has 5 heteroatoms. The minimum absolute atomic E-state index is 0.179. The number of carbonyl (C=O) groups excluding carboxylic acids is 2. The van der Waals surface area contributed by atoms with Crippen LogP contribution in [0, 0.1) is 0 Å². The highest BCUT2D eigenvalue weighted by Crippen LogP contribution is 2.38. The average molecular weight is 388 g/mol. The summed E-state index contributed by atoms with van der Waals surface area (Å²) >= 11 is 0. The number of aryl methyl sites for hydroxylation is 1. The van der Waals surface area contributed by atoms with Crippen LogP contribution in [-0.2, 0) is 22.4 Å². The molecule has 1 aliphatic rings. The molecule has 3 aromatic rings. The van der Waals surface area contributed by atoms with Crippen molar-refractivity contribution in [2.45, 2.75) is 32.7 Å². The summed E-state index contributed by atoms with van der Waals surface area (Å²) in [6.07, 6.45) is 3.49. The molecule has 1 aromatic heterocycles. The van der Waals surface area contributed by atoms with Gasteiger partial charge in [0.25, 0.3) is 5.91 Å². The number of H-pyrrole nitrogens is 1. The van der Waals surface area contributed by atoms with Gasteiger partial charge in [0.1, 0.15) is 0 Å². The van der Waals surface area contributed by atoms with Gasteiger partial charge in [0.05, 0.1) is 11.6 Å². The number of rotatable bonds is 6. The van der Waals surface area contributed by atoms with Crippen molar-refractivity contribution in [2.75, 3.05) is 6.54 Å². The number of para-hydroxylation sites is 1. The lowest BCUT2D eigenvalue weighted by Crippen LogP contribution is -2.32. The maximum absolute atomic E-state index is 12.8. The van der Waals surface area contributed by atoms with Gasteiger partial charge >= 0.3 is 0 Å². The number of hydrogen-bond donors (Lipinski definition) is 2. The van der Waals surface area contributed by atoms with Crippen LogP contribution in [0.2, 0.25) is 0 Å². The molecule has 0 radical (unpaired) electrons. The molecule has 5 nitrogen and oxygen atoms in total. The molecule has 1 amide bonds. The van der Waals surface area contributed by atoms with Gasteiger partial charge < -0.3 is 15.0 Å². The Hall–Kier alpha value is -3.34. The number of ketones is 1. The molecular formula is C24H24N2O3.